The number of nitro groups is 1. The minimum Gasteiger partial charge on any atom is -0.505 e. The van der Waals surface area contributed by atoms with E-state index in [1.807, 2.05) is 24.3 Å². The Morgan fingerprint density at radius 2 is 1.51 bits per heavy atom. The number of nitrogens with zero attached hydrogens (tertiary/aromatic N) is 1. The van der Waals surface area contributed by atoms with Crippen LogP contribution < -0.4 is 14.8 Å². The second-order valence-corrected chi connectivity index (χ2v) is 12.3. The van der Waals surface area contributed by atoms with Gasteiger partial charge in [-0.3, -0.25) is 10.1 Å². The van der Waals surface area contributed by atoms with Crippen molar-refractivity contribution in [3.8, 4) is 23.0 Å². The third kappa shape index (κ3) is 7.39. The van der Waals surface area contributed by atoms with Gasteiger partial charge >= 0.3 is 0 Å². The number of phenols is 1. The molecule has 0 aliphatic heterocycles. The van der Waals surface area contributed by atoms with Crippen LogP contribution in [0.1, 0.15) is 78.4 Å². The molecule has 0 saturated carbocycles. The van der Waals surface area contributed by atoms with E-state index in [2.05, 4.69) is 65.1 Å². The maximum Gasteiger partial charge on any atom is 0.269 e. The lowest BCUT2D eigenvalue weighted by molar-refractivity contribution is -0.384. The number of ether oxygens (including phenoxy) is 2. The van der Waals surface area contributed by atoms with E-state index in [1.54, 1.807) is 18.2 Å². The molecule has 0 fully saturated rings. The molecule has 0 aliphatic rings. The number of unbranched alkanes of at least 4 members (excludes halogenated alkanes) is 1. The first-order valence-corrected chi connectivity index (χ1v) is 15.2. The van der Waals surface area contributed by atoms with E-state index in [0.717, 1.165) is 36.8 Å². The number of anilines is 1. The van der Waals surface area contributed by atoms with Crippen molar-refractivity contribution in [3.63, 3.8) is 0 Å². The van der Waals surface area contributed by atoms with E-state index < -0.39 is 4.92 Å². The van der Waals surface area contributed by atoms with Crippen molar-refractivity contribution < 1.29 is 19.5 Å². The minimum atomic E-state index is -0.443. The molecule has 0 unspecified atom stereocenters. The number of nitro benzene ring substituents is 1. The van der Waals surface area contributed by atoms with Crippen LogP contribution in [0, 0.1) is 10.1 Å². The molecular formula is C36H44N2O5. The number of nitrogens with one attached hydrogen (secondary N) is 1. The number of non-ortho nitro benzene ring substituents is 1. The minimum absolute atomic E-state index is 0.00277. The summed E-state index contributed by atoms with van der Waals surface area (Å²) < 4.78 is 12.4. The molecule has 4 rings (SSSR count). The van der Waals surface area contributed by atoms with E-state index >= 15 is 0 Å². The average molecular weight is 585 g/mol. The highest BCUT2D eigenvalue weighted by molar-refractivity contribution is 5.97. The van der Waals surface area contributed by atoms with Gasteiger partial charge in [-0.1, -0.05) is 77.9 Å². The van der Waals surface area contributed by atoms with Gasteiger partial charge in [0.05, 0.1) is 17.2 Å². The molecule has 0 aromatic heterocycles. The van der Waals surface area contributed by atoms with Crippen molar-refractivity contribution in [2.75, 3.05) is 18.5 Å². The van der Waals surface area contributed by atoms with Crippen LogP contribution in [0.4, 0.5) is 11.4 Å². The van der Waals surface area contributed by atoms with Gasteiger partial charge in [-0.2, -0.15) is 0 Å². The van der Waals surface area contributed by atoms with Crippen LogP contribution in [0.25, 0.3) is 10.8 Å². The summed E-state index contributed by atoms with van der Waals surface area (Å²) in [5.74, 6) is 2.13. The number of hydrogen-bond acceptors (Lipinski definition) is 6. The van der Waals surface area contributed by atoms with Crippen molar-refractivity contribution >= 4 is 22.1 Å². The molecule has 4 aromatic carbocycles. The second-order valence-electron chi connectivity index (χ2n) is 12.3. The fourth-order valence-corrected chi connectivity index (χ4v) is 4.94. The molecule has 228 valence electrons. The van der Waals surface area contributed by atoms with Crippen molar-refractivity contribution in [1.82, 2.24) is 0 Å². The number of aromatic hydroxyl groups is 1. The lowest BCUT2D eigenvalue weighted by atomic mass is 9.76. The third-order valence-corrected chi connectivity index (χ3v) is 8.66. The first-order valence-electron chi connectivity index (χ1n) is 15.2. The van der Waals surface area contributed by atoms with Crippen molar-refractivity contribution in [1.29, 1.82) is 0 Å². The predicted octanol–water partition coefficient (Wildman–Crippen LogP) is 9.89. The molecule has 0 amide bonds. The molecular weight excluding hydrogens is 540 g/mol. The van der Waals surface area contributed by atoms with Crippen LogP contribution in [0.15, 0.2) is 72.8 Å². The zero-order chi connectivity index (χ0) is 31.2. The van der Waals surface area contributed by atoms with Gasteiger partial charge in [-0.15, -0.1) is 0 Å². The molecule has 43 heavy (non-hydrogen) atoms. The van der Waals surface area contributed by atoms with E-state index in [4.69, 9.17) is 9.47 Å². The van der Waals surface area contributed by atoms with Gasteiger partial charge in [0.2, 0.25) is 0 Å². The van der Waals surface area contributed by atoms with Crippen molar-refractivity contribution in [3.05, 3.63) is 94.0 Å². The summed E-state index contributed by atoms with van der Waals surface area (Å²) in [5.41, 5.74) is 3.29. The topological polar surface area (TPSA) is 93.9 Å². The second kappa shape index (κ2) is 13.4. The maximum absolute atomic E-state index is 11.0. The summed E-state index contributed by atoms with van der Waals surface area (Å²) >= 11 is 0. The quantitative estimate of drug-likeness (QED) is 0.0663. The summed E-state index contributed by atoms with van der Waals surface area (Å²) in [6.07, 6.45) is 3.79. The fraction of sp³-hybridized carbons (Fsp3) is 0.389. The number of fused-ring (bicyclic) bond motifs is 1. The molecule has 0 radical (unpaired) electrons. The van der Waals surface area contributed by atoms with Gasteiger partial charge < -0.3 is 19.9 Å². The van der Waals surface area contributed by atoms with Crippen molar-refractivity contribution in [2.45, 2.75) is 78.1 Å². The van der Waals surface area contributed by atoms with Crippen molar-refractivity contribution in [2.24, 2.45) is 0 Å². The van der Waals surface area contributed by atoms with Crippen LogP contribution in [-0.2, 0) is 10.8 Å². The SMILES string of the molecule is CCC(C)(C)c1ccc(OCCCCNc2cc(Oc3ccc([N+](=O)[O-])cc3)c3ccccc3c2O)c(C(C)(C)CC)c1. The highest BCUT2D eigenvalue weighted by Gasteiger charge is 2.26. The van der Waals surface area contributed by atoms with E-state index in [9.17, 15) is 15.2 Å². The molecule has 2 N–H and O–H groups in total. The van der Waals surface area contributed by atoms with Gasteiger partial charge in [0.1, 0.15) is 23.0 Å². The zero-order valence-electron chi connectivity index (χ0n) is 26.2. The summed E-state index contributed by atoms with van der Waals surface area (Å²) in [6.45, 7) is 14.8. The number of benzene rings is 4. The molecule has 0 bridgehead atoms. The molecule has 0 saturated heterocycles. The van der Waals surface area contributed by atoms with E-state index in [-0.39, 0.29) is 22.3 Å². The van der Waals surface area contributed by atoms with Gasteiger partial charge in [-0.05, 0) is 60.3 Å². The smallest absolute Gasteiger partial charge is 0.269 e. The molecule has 0 heterocycles. The first kappa shape index (κ1) is 31.7. The fourth-order valence-electron chi connectivity index (χ4n) is 4.94. The van der Waals surface area contributed by atoms with E-state index in [0.29, 0.717) is 35.7 Å². The lowest BCUT2D eigenvalue weighted by Crippen LogP contribution is -2.21. The Bertz CT molecular complexity index is 1560. The first-order chi connectivity index (χ1) is 20.5. The Morgan fingerprint density at radius 3 is 2.16 bits per heavy atom. The van der Waals surface area contributed by atoms with Gasteiger partial charge in [0, 0.05) is 41.1 Å². The molecule has 7 heteroatoms. The van der Waals surface area contributed by atoms with Crippen LogP contribution in [0.3, 0.4) is 0 Å². The Hall–Kier alpha value is -4.26. The molecule has 4 aromatic rings. The summed E-state index contributed by atoms with van der Waals surface area (Å²) in [7, 11) is 0. The Kier molecular flexibility index (Phi) is 9.84. The highest BCUT2D eigenvalue weighted by atomic mass is 16.6. The molecule has 0 aliphatic carbocycles. The average Bonchev–Trinajstić information content (AvgIpc) is 3.01. The predicted molar refractivity (Wildman–Crippen MR) is 175 cm³/mol. The van der Waals surface area contributed by atoms with Crippen LogP contribution in [0.5, 0.6) is 23.0 Å². The largest absolute Gasteiger partial charge is 0.505 e. The molecule has 0 spiro atoms. The van der Waals surface area contributed by atoms with Crippen LogP contribution in [-0.4, -0.2) is 23.2 Å². The summed E-state index contributed by atoms with van der Waals surface area (Å²) in [4.78, 5) is 10.6. The Labute approximate surface area is 255 Å². The van der Waals surface area contributed by atoms with Crippen LogP contribution in [0.2, 0.25) is 0 Å². The number of hydrogen-bond donors (Lipinski definition) is 2. The third-order valence-electron chi connectivity index (χ3n) is 8.66. The number of phenolic OH excluding ortho intramolecular Hbond substituents is 1. The highest BCUT2D eigenvalue weighted by Crippen LogP contribution is 2.41. The maximum atomic E-state index is 11.0. The molecule has 7 nitrogen and oxygen atoms in total. The Morgan fingerprint density at radius 1 is 0.837 bits per heavy atom. The van der Waals surface area contributed by atoms with Gasteiger partial charge in [0.15, 0.2) is 0 Å². The lowest BCUT2D eigenvalue weighted by Gasteiger charge is -2.30. The zero-order valence-corrected chi connectivity index (χ0v) is 26.2. The van der Waals surface area contributed by atoms with E-state index in [1.165, 1.54) is 23.3 Å². The van der Waals surface area contributed by atoms with Crippen LogP contribution >= 0.6 is 0 Å². The summed E-state index contributed by atoms with van der Waals surface area (Å²) in [5, 5.41) is 26.8. The Balaban J connectivity index is 1.41. The number of rotatable bonds is 14. The monoisotopic (exact) mass is 584 g/mol. The molecule has 0 atom stereocenters. The summed E-state index contributed by atoms with van der Waals surface area (Å²) in [6, 6.07) is 21.9. The normalized spacial score (nSPS) is 11.9. The van der Waals surface area contributed by atoms with Gasteiger partial charge in [0.25, 0.3) is 5.69 Å². The standard InChI is InChI=1S/C36H44N2O5/c1-7-35(3,4)25-15-20-32(30(23-25)36(5,6)8-2)42-22-12-11-21-37-31-24-33(28-13-9-10-14-29(28)34(31)39)43-27-18-16-26(17-19-27)38(40)41/h9-10,13-20,23-24,37,39H,7-8,11-12,21-22H2,1-6H3. The van der Waals surface area contributed by atoms with Gasteiger partial charge in [-0.25, -0.2) is 0 Å².